The van der Waals surface area contributed by atoms with E-state index in [1.165, 1.54) is 0 Å². The summed E-state index contributed by atoms with van der Waals surface area (Å²) in [7, 11) is 0. The van der Waals surface area contributed by atoms with Gasteiger partial charge in [-0.15, -0.1) is 0 Å². The fourth-order valence-electron chi connectivity index (χ4n) is 4.74. The van der Waals surface area contributed by atoms with Gasteiger partial charge in [-0.3, -0.25) is 9.36 Å². The number of benzene rings is 1. The van der Waals surface area contributed by atoms with Crippen molar-refractivity contribution in [2.45, 2.75) is 50.6 Å². The molecule has 1 aliphatic heterocycles. The van der Waals surface area contributed by atoms with Crippen molar-refractivity contribution in [3.63, 3.8) is 0 Å². The van der Waals surface area contributed by atoms with Crippen LogP contribution in [0.4, 0.5) is 17.6 Å². The fraction of sp³-hybridized carbons (Fsp3) is 0.478. The summed E-state index contributed by atoms with van der Waals surface area (Å²) in [6.45, 7) is 1.47. The van der Waals surface area contributed by atoms with Gasteiger partial charge in [0.2, 0.25) is 17.8 Å². The van der Waals surface area contributed by atoms with Gasteiger partial charge in [-0.05, 0) is 56.7 Å². The van der Waals surface area contributed by atoms with Crippen LogP contribution in [0.15, 0.2) is 24.4 Å². The lowest BCUT2D eigenvalue weighted by Gasteiger charge is -2.29. The Hall–Kier alpha value is -2.62. The molecule has 0 unspecified atom stereocenters. The minimum Gasteiger partial charge on any atom is -0.381 e. The van der Waals surface area contributed by atoms with Gasteiger partial charge in [0.05, 0.1) is 16.2 Å². The second-order valence-electron chi connectivity index (χ2n) is 8.90. The number of ether oxygens (including phenoxy) is 1. The van der Waals surface area contributed by atoms with Crippen molar-refractivity contribution in [3.8, 4) is 0 Å². The summed E-state index contributed by atoms with van der Waals surface area (Å²) in [5.74, 6) is 0.909. The van der Waals surface area contributed by atoms with Gasteiger partial charge in [-0.1, -0.05) is 23.2 Å². The molecule has 2 aliphatic rings. The minimum atomic E-state index is -0.228. The molecule has 1 aromatic carbocycles. The van der Waals surface area contributed by atoms with E-state index in [0.29, 0.717) is 27.5 Å². The maximum Gasteiger partial charge on any atom is 0.224 e. The number of imidazole rings is 1. The Morgan fingerprint density at radius 3 is 2.53 bits per heavy atom. The molecule has 1 saturated carbocycles. The van der Waals surface area contributed by atoms with Gasteiger partial charge in [0.25, 0.3) is 0 Å². The smallest absolute Gasteiger partial charge is 0.224 e. The standard InChI is InChI=1S/C23H27Cl2N7O2/c24-17-6-3-15(11-18(17)25)29-23-30-19-12-27-22(28-14-7-9-34-10-8-14)31-21(19)32(23)16-4-1-13(2-5-16)20(26)33/h3,6,11-14,16H,1-2,4-5,7-10H2,(H2,26,33)(H,29,30)(H,27,28,31)/t13-,16+. The van der Waals surface area contributed by atoms with E-state index in [-0.39, 0.29) is 23.9 Å². The predicted molar refractivity (Wildman–Crippen MR) is 133 cm³/mol. The highest BCUT2D eigenvalue weighted by Crippen LogP contribution is 2.37. The summed E-state index contributed by atoms with van der Waals surface area (Å²) in [5.41, 5.74) is 7.76. The zero-order chi connectivity index (χ0) is 23.7. The van der Waals surface area contributed by atoms with Crippen molar-refractivity contribution < 1.29 is 9.53 Å². The number of carbonyl (C=O) groups excluding carboxylic acids is 1. The van der Waals surface area contributed by atoms with Crippen molar-refractivity contribution >= 4 is 57.9 Å². The van der Waals surface area contributed by atoms with Gasteiger partial charge >= 0.3 is 0 Å². The third kappa shape index (κ3) is 4.92. The molecule has 0 bridgehead atoms. The lowest BCUT2D eigenvalue weighted by atomic mass is 9.85. The molecule has 0 atom stereocenters. The molecule has 180 valence electrons. The van der Waals surface area contributed by atoms with Crippen LogP contribution >= 0.6 is 23.2 Å². The third-order valence-corrected chi connectivity index (χ3v) is 7.37. The van der Waals surface area contributed by atoms with Crippen molar-refractivity contribution in [3.05, 3.63) is 34.4 Å². The molecular formula is C23H27Cl2N7O2. The molecule has 11 heteroatoms. The van der Waals surface area contributed by atoms with Gasteiger partial charge < -0.3 is 21.1 Å². The number of fused-ring (bicyclic) bond motifs is 1. The zero-order valence-electron chi connectivity index (χ0n) is 18.6. The molecule has 3 aromatic rings. The van der Waals surface area contributed by atoms with Crippen molar-refractivity contribution in [2.24, 2.45) is 11.7 Å². The molecule has 3 heterocycles. The highest BCUT2D eigenvalue weighted by Gasteiger charge is 2.29. The average Bonchev–Trinajstić information content (AvgIpc) is 3.19. The first-order valence-corrected chi connectivity index (χ1v) is 12.3. The van der Waals surface area contributed by atoms with E-state index < -0.39 is 0 Å². The van der Waals surface area contributed by atoms with Crippen LogP contribution in [0.5, 0.6) is 0 Å². The van der Waals surface area contributed by atoms with E-state index in [0.717, 1.165) is 63.1 Å². The second-order valence-corrected chi connectivity index (χ2v) is 9.71. The third-order valence-electron chi connectivity index (χ3n) is 6.63. The summed E-state index contributed by atoms with van der Waals surface area (Å²) in [6, 6.07) is 5.76. The molecule has 2 aromatic heterocycles. The number of nitrogens with one attached hydrogen (secondary N) is 2. The number of halogens is 2. The maximum absolute atomic E-state index is 11.7. The quantitative estimate of drug-likeness (QED) is 0.446. The van der Waals surface area contributed by atoms with Crippen LogP contribution in [0.3, 0.4) is 0 Å². The van der Waals surface area contributed by atoms with Crippen LogP contribution in [-0.4, -0.2) is 44.7 Å². The Labute approximate surface area is 207 Å². The Bertz CT molecular complexity index is 1190. The summed E-state index contributed by atoms with van der Waals surface area (Å²) in [4.78, 5) is 25.8. The van der Waals surface area contributed by atoms with Gasteiger partial charge in [0.15, 0.2) is 5.65 Å². The van der Waals surface area contributed by atoms with Gasteiger partial charge in [-0.25, -0.2) is 9.97 Å². The number of primary amides is 1. The molecule has 1 amide bonds. The zero-order valence-corrected chi connectivity index (χ0v) is 20.1. The Morgan fingerprint density at radius 2 is 1.82 bits per heavy atom. The van der Waals surface area contributed by atoms with Crippen LogP contribution in [0.25, 0.3) is 11.2 Å². The highest BCUT2D eigenvalue weighted by molar-refractivity contribution is 6.42. The number of hydrogen-bond acceptors (Lipinski definition) is 7. The summed E-state index contributed by atoms with van der Waals surface area (Å²) >= 11 is 12.3. The van der Waals surface area contributed by atoms with E-state index in [4.69, 9.17) is 43.6 Å². The number of nitrogens with two attached hydrogens (primary N) is 1. The monoisotopic (exact) mass is 503 g/mol. The number of nitrogens with zero attached hydrogens (tertiary/aromatic N) is 4. The van der Waals surface area contributed by atoms with Crippen molar-refractivity contribution in [1.29, 1.82) is 0 Å². The van der Waals surface area contributed by atoms with E-state index in [1.54, 1.807) is 18.3 Å². The Kier molecular flexibility index (Phi) is 6.76. The average molecular weight is 504 g/mol. The lowest BCUT2D eigenvalue weighted by molar-refractivity contribution is -0.122. The molecule has 1 aliphatic carbocycles. The maximum atomic E-state index is 11.7. The molecule has 4 N–H and O–H groups in total. The molecule has 0 spiro atoms. The SMILES string of the molecule is NC(=O)[C@H]1CC[C@@H](n2c(Nc3ccc(Cl)c(Cl)c3)nc3cnc(NC4CCOCC4)nc32)CC1. The van der Waals surface area contributed by atoms with Crippen LogP contribution in [-0.2, 0) is 9.53 Å². The van der Waals surface area contributed by atoms with Gasteiger partial charge in [0.1, 0.15) is 5.52 Å². The van der Waals surface area contributed by atoms with E-state index in [9.17, 15) is 4.79 Å². The molecule has 5 rings (SSSR count). The summed E-state index contributed by atoms with van der Waals surface area (Å²) in [5, 5.41) is 7.76. The van der Waals surface area contributed by atoms with E-state index in [2.05, 4.69) is 20.2 Å². The van der Waals surface area contributed by atoms with Gasteiger partial charge in [0, 0.05) is 36.9 Å². The Morgan fingerprint density at radius 1 is 1.06 bits per heavy atom. The number of anilines is 3. The molecule has 9 nitrogen and oxygen atoms in total. The minimum absolute atomic E-state index is 0.0853. The number of amides is 1. The second kappa shape index (κ2) is 9.93. The number of carbonyl (C=O) groups is 1. The Balaban J connectivity index is 1.49. The van der Waals surface area contributed by atoms with Crippen LogP contribution < -0.4 is 16.4 Å². The van der Waals surface area contributed by atoms with E-state index >= 15 is 0 Å². The number of aromatic nitrogens is 4. The lowest BCUT2D eigenvalue weighted by Crippen LogP contribution is -2.29. The van der Waals surface area contributed by atoms with Gasteiger partial charge in [-0.2, -0.15) is 4.98 Å². The molecule has 0 radical (unpaired) electrons. The largest absolute Gasteiger partial charge is 0.381 e. The summed E-state index contributed by atoms with van der Waals surface area (Å²) < 4.78 is 7.57. The first-order valence-electron chi connectivity index (χ1n) is 11.6. The first kappa shape index (κ1) is 23.1. The molecule has 1 saturated heterocycles. The normalized spacial score (nSPS) is 21.5. The number of hydrogen-bond donors (Lipinski definition) is 3. The number of rotatable bonds is 6. The highest BCUT2D eigenvalue weighted by atomic mass is 35.5. The fourth-order valence-corrected chi connectivity index (χ4v) is 5.04. The molecule has 34 heavy (non-hydrogen) atoms. The predicted octanol–water partition coefficient (Wildman–Crippen LogP) is 4.68. The van der Waals surface area contributed by atoms with Crippen LogP contribution in [0.2, 0.25) is 10.0 Å². The van der Waals surface area contributed by atoms with Crippen molar-refractivity contribution in [2.75, 3.05) is 23.8 Å². The van der Waals surface area contributed by atoms with Crippen molar-refractivity contribution in [1.82, 2.24) is 19.5 Å². The molecular weight excluding hydrogens is 477 g/mol. The topological polar surface area (TPSA) is 120 Å². The summed E-state index contributed by atoms with van der Waals surface area (Å²) in [6.07, 6.45) is 6.68. The molecule has 2 fully saturated rings. The first-order chi connectivity index (χ1) is 16.5. The van der Waals surface area contributed by atoms with Crippen LogP contribution in [0.1, 0.15) is 44.6 Å². The van der Waals surface area contributed by atoms with Crippen LogP contribution in [0, 0.1) is 5.92 Å². The van der Waals surface area contributed by atoms with E-state index in [1.807, 2.05) is 6.07 Å².